The first-order valence-corrected chi connectivity index (χ1v) is 6.97. The molecule has 0 spiro atoms. The minimum absolute atomic E-state index is 0.0201. The van der Waals surface area contributed by atoms with Crippen molar-refractivity contribution >= 4 is 11.6 Å². The second-order valence-electron chi connectivity index (χ2n) is 5.13. The summed E-state index contributed by atoms with van der Waals surface area (Å²) in [5, 5.41) is 12.4. The Bertz CT molecular complexity index is 626. The van der Waals surface area contributed by atoms with Gasteiger partial charge in [0.1, 0.15) is 5.75 Å². The summed E-state index contributed by atoms with van der Waals surface area (Å²) in [6, 6.07) is 14.3. The third kappa shape index (κ3) is 4.53. The normalized spacial score (nSPS) is 11.9. The molecule has 0 radical (unpaired) electrons. The number of hydrogen-bond acceptors (Lipinski definition) is 3. The van der Waals surface area contributed by atoms with Crippen molar-refractivity contribution in [1.82, 2.24) is 5.32 Å². The number of nitrogens with two attached hydrogens (primary N) is 1. The van der Waals surface area contributed by atoms with Crippen molar-refractivity contribution in [2.24, 2.45) is 0 Å². The molecule has 2 aromatic rings. The molecule has 21 heavy (non-hydrogen) atoms. The topological polar surface area (TPSA) is 75.4 Å². The van der Waals surface area contributed by atoms with Gasteiger partial charge < -0.3 is 16.2 Å². The van der Waals surface area contributed by atoms with Crippen LogP contribution < -0.4 is 11.1 Å². The van der Waals surface area contributed by atoms with Crippen LogP contribution in [0.1, 0.15) is 30.5 Å². The molecule has 0 aromatic heterocycles. The van der Waals surface area contributed by atoms with Crippen LogP contribution in [0.5, 0.6) is 5.75 Å². The summed E-state index contributed by atoms with van der Waals surface area (Å²) in [4.78, 5) is 12.0. The van der Waals surface area contributed by atoms with E-state index >= 15 is 0 Å². The SMILES string of the molecule is CC(NC(=O)CCc1cccc(N)c1)c1cccc(O)c1. The van der Waals surface area contributed by atoms with Gasteiger partial charge in [0.2, 0.25) is 5.91 Å². The standard InChI is InChI=1S/C17H20N2O2/c1-12(14-5-3-7-16(20)11-14)19-17(21)9-8-13-4-2-6-15(18)10-13/h2-7,10-12,20H,8-9,18H2,1H3,(H,19,21). The summed E-state index contributed by atoms with van der Waals surface area (Å²) < 4.78 is 0. The molecule has 0 fully saturated rings. The first-order chi connectivity index (χ1) is 10.0. The van der Waals surface area contributed by atoms with Crippen molar-refractivity contribution in [3.63, 3.8) is 0 Å². The van der Waals surface area contributed by atoms with Crippen LogP contribution >= 0.6 is 0 Å². The second-order valence-corrected chi connectivity index (χ2v) is 5.13. The summed E-state index contributed by atoms with van der Waals surface area (Å²) >= 11 is 0. The van der Waals surface area contributed by atoms with Gasteiger partial charge in [-0.15, -0.1) is 0 Å². The number of hydrogen-bond donors (Lipinski definition) is 3. The predicted molar refractivity (Wildman–Crippen MR) is 83.8 cm³/mol. The number of aryl methyl sites for hydroxylation is 1. The average Bonchev–Trinajstić information content (AvgIpc) is 2.45. The third-order valence-corrected chi connectivity index (χ3v) is 3.34. The Kier molecular flexibility index (Phi) is 4.82. The van der Waals surface area contributed by atoms with Crippen LogP contribution in [0.2, 0.25) is 0 Å². The number of nitrogens with one attached hydrogen (secondary N) is 1. The van der Waals surface area contributed by atoms with Crippen LogP contribution in [0, 0.1) is 0 Å². The maximum atomic E-state index is 12.0. The van der Waals surface area contributed by atoms with Gasteiger partial charge in [-0.05, 0) is 48.7 Å². The van der Waals surface area contributed by atoms with Crippen LogP contribution in [-0.2, 0) is 11.2 Å². The summed E-state index contributed by atoms with van der Waals surface area (Å²) in [7, 11) is 0. The number of amides is 1. The molecule has 4 nitrogen and oxygen atoms in total. The van der Waals surface area contributed by atoms with Gasteiger partial charge in [-0.3, -0.25) is 4.79 Å². The maximum Gasteiger partial charge on any atom is 0.220 e. The second kappa shape index (κ2) is 6.79. The van der Waals surface area contributed by atoms with E-state index in [0.29, 0.717) is 18.5 Å². The third-order valence-electron chi connectivity index (χ3n) is 3.34. The molecule has 1 amide bonds. The molecule has 1 atom stereocenters. The fourth-order valence-corrected chi connectivity index (χ4v) is 2.20. The molecule has 4 heteroatoms. The van der Waals surface area contributed by atoms with Gasteiger partial charge in [-0.1, -0.05) is 24.3 Å². The summed E-state index contributed by atoms with van der Waals surface area (Å²) in [5.41, 5.74) is 8.35. The Morgan fingerprint density at radius 1 is 1.24 bits per heavy atom. The van der Waals surface area contributed by atoms with Gasteiger partial charge in [0.05, 0.1) is 6.04 Å². The highest BCUT2D eigenvalue weighted by molar-refractivity contribution is 5.76. The van der Waals surface area contributed by atoms with Crippen LogP contribution in [0.3, 0.4) is 0 Å². The smallest absolute Gasteiger partial charge is 0.220 e. The predicted octanol–water partition coefficient (Wildman–Crippen LogP) is 2.78. The lowest BCUT2D eigenvalue weighted by molar-refractivity contribution is -0.121. The van der Waals surface area contributed by atoms with E-state index in [1.807, 2.05) is 37.3 Å². The zero-order valence-electron chi connectivity index (χ0n) is 12.0. The van der Waals surface area contributed by atoms with E-state index in [1.54, 1.807) is 18.2 Å². The Morgan fingerprint density at radius 3 is 2.71 bits per heavy atom. The molecule has 0 saturated carbocycles. The lowest BCUT2D eigenvalue weighted by atomic mass is 10.1. The molecule has 4 N–H and O–H groups in total. The van der Waals surface area contributed by atoms with Crippen molar-refractivity contribution in [2.75, 3.05) is 5.73 Å². The maximum absolute atomic E-state index is 12.0. The van der Waals surface area contributed by atoms with Crippen molar-refractivity contribution < 1.29 is 9.90 Å². The number of carbonyl (C=O) groups is 1. The minimum Gasteiger partial charge on any atom is -0.508 e. The van der Waals surface area contributed by atoms with Gasteiger partial charge in [-0.2, -0.15) is 0 Å². The Hall–Kier alpha value is -2.49. The van der Waals surface area contributed by atoms with E-state index in [2.05, 4.69) is 5.32 Å². The number of phenolic OH excluding ortho intramolecular Hbond substituents is 1. The van der Waals surface area contributed by atoms with Crippen LogP contribution in [0.15, 0.2) is 48.5 Å². The lowest BCUT2D eigenvalue weighted by Gasteiger charge is -2.14. The molecule has 1 unspecified atom stereocenters. The van der Waals surface area contributed by atoms with E-state index in [9.17, 15) is 9.90 Å². The molecule has 0 saturated heterocycles. The number of aromatic hydroxyl groups is 1. The van der Waals surface area contributed by atoms with Crippen LogP contribution in [-0.4, -0.2) is 11.0 Å². The van der Waals surface area contributed by atoms with E-state index < -0.39 is 0 Å². The van der Waals surface area contributed by atoms with Gasteiger partial charge in [0.15, 0.2) is 0 Å². The fraction of sp³-hybridized carbons (Fsp3) is 0.235. The molecule has 0 aliphatic heterocycles. The number of rotatable bonds is 5. The van der Waals surface area contributed by atoms with E-state index in [-0.39, 0.29) is 17.7 Å². The number of phenols is 1. The zero-order chi connectivity index (χ0) is 15.2. The number of carbonyl (C=O) groups excluding carboxylic acids is 1. The van der Waals surface area contributed by atoms with Gasteiger partial charge in [0, 0.05) is 12.1 Å². The molecule has 110 valence electrons. The highest BCUT2D eigenvalue weighted by atomic mass is 16.3. The van der Waals surface area contributed by atoms with Crippen molar-refractivity contribution in [3.05, 3.63) is 59.7 Å². The largest absolute Gasteiger partial charge is 0.508 e. The highest BCUT2D eigenvalue weighted by Gasteiger charge is 2.10. The lowest BCUT2D eigenvalue weighted by Crippen LogP contribution is -2.26. The number of anilines is 1. The van der Waals surface area contributed by atoms with Gasteiger partial charge in [0.25, 0.3) is 0 Å². The Morgan fingerprint density at radius 2 is 2.00 bits per heavy atom. The van der Waals surface area contributed by atoms with Crippen LogP contribution in [0.25, 0.3) is 0 Å². The van der Waals surface area contributed by atoms with E-state index in [1.165, 1.54) is 0 Å². The first-order valence-electron chi connectivity index (χ1n) is 6.97. The fourth-order valence-electron chi connectivity index (χ4n) is 2.20. The molecule has 2 aromatic carbocycles. The van der Waals surface area contributed by atoms with Crippen LogP contribution in [0.4, 0.5) is 5.69 Å². The number of benzene rings is 2. The Labute approximate surface area is 124 Å². The molecule has 0 heterocycles. The minimum atomic E-state index is -0.134. The molecule has 0 bridgehead atoms. The summed E-state index contributed by atoms with van der Waals surface area (Å²) in [6.07, 6.45) is 1.07. The molecular weight excluding hydrogens is 264 g/mol. The summed E-state index contributed by atoms with van der Waals surface area (Å²) in [5.74, 6) is 0.182. The highest BCUT2D eigenvalue weighted by Crippen LogP contribution is 2.18. The summed E-state index contributed by atoms with van der Waals surface area (Å²) in [6.45, 7) is 1.90. The number of nitrogen functional groups attached to an aromatic ring is 1. The quantitative estimate of drug-likeness (QED) is 0.739. The van der Waals surface area contributed by atoms with Crippen molar-refractivity contribution in [2.45, 2.75) is 25.8 Å². The molecule has 0 aliphatic carbocycles. The van der Waals surface area contributed by atoms with Crippen molar-refractivity contribution in [3.8, 4) is 5.75 Å². The Balaban J connectivity index is 1.87. The molecule has 2 rings (SSSR count). The van der Waals surface area contributed by atoms with Gasteiger partial charge in [-0.25, -0.2) is 0 Å². The van der Waals surface area contributed by atoms with E-state index in [0.717, 1.165) is 11.1 Å². The molecule has 0 aliphatic rings. The zero-order valence-corrected chi connectivity index (χ0v) is 12.0. The van der Waals surface area contributed by atoms with E-state index in [4.69, 9.17) is 5.73 Å². The van der Waals surface area contributed by atoms with Gasteiger partial charge >= 0.3 is 0 Å². The average molecular weight is 284 g/mol. The first kappa shape index (κ1) is 14.9. The van der Waals surface area contributed by atoms with Crippen molar-refractivity contribution in [1.29, 1.82) is 0 Å². The monoisotopic (exact) mass is 284 g/mol. The molecular formula is C17H20N2O2.